The summed E-state index contributed by atoms with van der Waals surface area (Å²) in [5.41, 5.74) is 10.2. The molecule has 0 radical (unpaired) electrons. The molecule has 0 heterocycles. The molecule has 180 valence electrons. The highest BCUT2D eigenvalue weighted by Gasteiger charge is 2.06. The SMILES string of the molecule is C(=Nc1ccc2cccccc1-2)c1ccc(N=Nc2ccc(C=Nc3ccc4cccccc3-4)cc2)cc1. The van der Waals surface area contributed by atoms with E-state index in [1.807, 2.05) is 109 Å². The monoisotopic (exact) mass is 488 g/mol. The van der Waals surface area contributed by atoms with Crippen LogP contribution < -0.4 is 0 Å². The number of fused-ring (bicyclic) bond motifs is 2. The Kier molecular flexibility index (Phi) is 6.60. The first-order chi connectivity index (χ1) is 18.8. The summed E-state index contributed by atoms with van der Waals surface area (Å²) in [5.74, 6) is 0. The fourth-order valence-electron chi connectivity index (χ4n) is 4.28. The minimum Gasteiger partial charge on any atom is -0.256 e. The van der Waals surface area contributed by atoms with E-state index in [2.05, 4.69) is 56.6 Å². The predicted octanol–water partition coefficient (Wildman–Crippen LogP) is 9.81. The molecule has 0 spiro atoms. The number of nitrogens with zero attached hydrogens (tertiary/aromatic N) is 4. The highest BCUT2D eigenvalue weighted by Crippen LogP contribution is 2.34. The predicted molar refractivity (Wildman–Crippen MR) is 158 cm³/mol. The van der Waals surface area contributed by atoms with Gasteiger partial charge in [-0.05, 0) is 58.7 Å². The topological polar surface area (TPSA) is 49.4 Å². The van der Waals surface area contributed by atoms with Gasteiger partial charge in [-0.2, -0.15) is 10.2 Å². The summed E-state index contributed by atoms with van der Waals surface area (Å²) in [4.78, 5) is 9.37. The Morgan fingerprint density at radius 1 is 0.368 bits per heavy atom. The van der Waals surface area contributed by atoms with Gasteiger partial charge in [-0.15, -0.1) is 0 Å². The van der Waals surface area contributed by atoms with Crippen LogP contribution >= 0.6 is 0 Å². The van der Waals surface area contributed by atoms with Crippen molar-refractivity contribution in [3.05, 3.63) is 145 Å². The van der Waals surface area contributed by atoms with Crippen molar-refractivity contribution in [3.63, 3.8) is 0 Å². The lowest BCUT2D eigenvalue weighted by atomic mass is 10.2. The second-order valence-electron chi connectivity index (χ2n) is 8.90. The first-order valence-electron chi connectivity index (χ1n) is 12.5. The summed E-state index contributed by atoms with van der Waals surface area (Å²) in [6, 6.07) is 44.6. The molecule has 0 aliphatic heterocycles. The van der Waals surface area contributed by atoms with E-state index in [1.54, 1.807) is 0 Å². The van der Waals surface area contributed by atoms with Crippen LogP contribution in [0.3, 0.4) is 0 Å². The van der Waals surface area contributed by atoms with Gasteiger partial charge < -0.3 is 0 Å². The zero-order chi connectivity index (χ0) is 25.6. The van der Waals surface area contributed by atoms with Crippen LogP contribution in [0.4, 0.5) is 22.7 Å². The molecule has 4 nitrogen and oxygen atoms in total. The van der Waals surface area contributed by atoms with E-state index in [9.17, 15) is 0 Å². The number of rotatable bonds is 6. The third-order valence-electron chi connectivity index (χ3n) is 6.31. The van der Waals surface area contributed by atoms with Crippen molar-refractivity contribution < 1.29 is 0 Å². The zero-order valence-electron chi connectivity index (χ0n) is 20.6. The van der Waals surface area contributed by atoms with Gasteiger partial charge in [0, 0.05) is 23.6 Å². The molecule has 0 fully saturated rings. The fourth-order valence-corrected chi connectivity index (χ4v) is 4.28. The first-order valence-corrected chi connectivity index (χ1v) is 12.5. The largest absolute Gasteiger partial charge is 0.256 e. The van der Waals surface area contributed by atoms with Crippen LogP contribution in [0.25, 0.3) is 22.3 Å². The van der Waals surface area contributed by atoms with Crippen LogP contribution in [0.5, 0.6) is 0 Å². The molecule has 4 aliphatic carbocycles. The molecular weight excluding hydrogens is 464 g/mol. The van der Waals surface area contributed by atoms with E-state index < -0.39 is 0 Å². The summed E-state index contributed by atoms with van der Waals surface area (Å²) < 4.78 is 0. The van der Waals surface area contributed by atoms with Gasteiger partial charge in [-0.3, -0.25) is 9.98 Å². The Labute approximate surface area is 222 Å². The van der Waals surface area contributed by atoms with Crippen molar-refractivity contribution in [1.82, 2.24) is 0 Å². The number of hydrogen-bond donors (Lipinski definition) is 0. The van der Waals surface area contributed by atoms with Crippen LogP contribution in [-0.2, 0) is 0 Å². The summed E-state index contributed by atoms with van der Waals surface area (Å²) in [5, 5.41) is 8.76. The van der Waals surface area contributed by atoms with Gasteiger partial charge in [0.1, 0.15) is 0 Å². The van der Waals surface area contributed by atoms with Gasteiger partial charge in [0.15, 0.2) is 0 Å². The van der Waals surface area contributed by atoms with E-state index >= 15 is 0 Å². The number of azo groups is 1. The lowest BCUT2D eigenvalue weighted by Crippen LogP contribution is -1.79. The van der Waals surface area contributed by atoms with Crippen molar-refractivity contribution in [2.45, 2.75) is 0 Å². The van der Waals surface area contributed by atoms with Crippen LogP contribution in [0.15, 0.2) is 154 Å². The summed E-state index contributed by atoms with van der Waals surface area (Å²) in [7, 11) is 0. The molecule has 4 heteroatoms. The minimum atomic E-state index is 0.787. The second kappa shape index (κ2) is 10.8. The highest BCUT2D eigenvalue weighted by molar-refractivity contribution is 5.88. The van der Waals surface area contributed by atoms with E-state index in [-0.39, 0.29) is 0 Å². The molecule has 0 bridgehead atoms. The molecule has 0 saturated carbocycles. The molecule has 0 amide bonds. The van der Waals surface area contributed by atoms with E-state index in [1.165, 1.54) is 11.1 Å². The van der Waals surface area contributed by atoms with Crippen LogP contribution in [0.2, 0.25) is 0 Å². The Morgan fingerprint density at radius 2 is 0.789 bits per heavy atom. The summed E-state index contributed by atoms with van der Waals surface area (Å²) in [6.07, 6.45) is 3.75. The zero-order valence-corrected chi connectivity index (χ0v) is 20.6. The van der Waals surface area contributed by atoms with E-state index in [0.717, 1.165) is 45.0 Å². The first kappa shape index (κ1) is 23.2. The van der Waals surface area contributed by atoms with E-state index in [0.29, 0.717) is 0 Å². The van der Waals surface area contributed by atoms with Gasteiger partial charge in [-0.1, -0.05) is 97.1 Å². The van der Waals surface area contributed by atoms with Crippen LogP contribution in [-0.4, -0.2) is 12.4 Å². The third kappa shape index (κ3) is 5.30. The molecule has 0 saturated heterocycles. The quantitative estimate of drug-likeness (QED) is 0.165. The minimum absolute atomic E-state index is 0.787. The Morgan fingerprint density at radius 3 is 1.24 bits per heavy atom. The average Bonchev–Trinajstić information content (AvgIpc) is 3.32. The lowest BCUT2D eigenvalue weighted by molar-refractivity contribution is 1.23. The number of benzene rings is 2. The summed E-state index contributed by atoms with van der Waals surface area (Å²) >= 11 is 0. The third-order valence-corrected chi connectivity index (χ3v) is 6.31. The van der Waals surface area contributed by atoms with Crippen LogP contribution in [0.1, 0.15) is 11.1 Å². The van der Waals surface area contributed by atoms with Gasteiger partial charge in [-0.25, -0.2) is 0 Å². The number of hydrogen-bond acceptors (Lipinski definition) is 4. The normalized spacial score (nSPS) is 11.9. The van der Waals surface area contributed by atoms with Crippen molar-refractivity contribution in [3.8, 4) is 22.3 Å². The van der Waals surface area contributed by atoms with Gasteiger partial charge in [0.2, 0.25) is 0 Å². The lowest BCUT2D eigenvalue weighted by Gasteiger charge is -1.98. The maximum absolute atomic E-state index is 4.68. The van der Waals surface area contributed by atoms with Crippen molar-refractivity contribution in [1.29, 1.82) is 0 Å². The average molecular weight is 489 g/mol. The molecule has 0 atom stereocenters. The molecule has 0 unspecified atom stereocenters. The molecule has 6 rings (SSSR count). The molecule has 2 aromatic carbocycles. The molecule has 4 aliphatic rings. The maximum atomic E-state index is 4.68. The maximum Gasteiger partial charge on any atom is 0.0857 e. The van der Waals surface area contributed by atoms with Crippen molar-refractivity contribution >= 4 is 35.2 Å². The molecule has 0 N–H and O–H groups in total. The van der Waals surface area contributed by atoms with Gasteiger partial charge >= 0.3 is 0 Å². The standard InChI is InChI=1S/C34H24N4/c1-3-7-27-15-21-33(31(27)9-5-1)35-23-25-11-17-29(18-12-25)37-38-30-19-13-26(14-20-30)24-36-34-22-16-28-8-4-2-6-10-32(28)34/h1-24H. The van der Waals surface area contributed by atoms with Crippen molar-refractivity contribution in [2.24, 2.45) is 20.2 Å². The van der Waals surface area contributed by atoms with Crippen LogP contribution in [0, 0.1) is 0 Å². The summed E-state index contributed by atoms with van der Waals surface area (Å²) in [6.45, 7) is 0. The Bertz CT molecular complexity index is 1570. The molecule has 0 aromatic heterocycles. The Balaban J connectivity index is 1.09. The highest BCUT2D eigenvalue weighted by atomic mass is 15.1. The van der Waals surface area contributed by atoms with E-state index in [4.69, 9.17) is 0 Å². The van der Waals surface area contributed by atoms with Gasteiger partial charge in [0.05, 0.1) is 22.7 Å². The molecule has 2 aromatic rings. The molecular formula is C34H24N4. The fraction of sp³-hybridized carbons (Fsp3) is 0. The van der Waals surface area contributed by atoms with Gasteiger partial charge in [0.25, 0.3) is 0 Å². The smallest absolute Gasteiger partial charge is 0.0857 e. The Hall–Kier alpha value is -5.22. The molecule has 38 heavy (non-hydrogen) atoms. The van der Waals surface area contributed by atoms with Crippen molar-refractivity contribution in [2.75, 3.05) is 0 Å². The second-order valence-corrected chi connectivity index (χ2v) is 8.90. The number of aliphatic imine (C=N–C) groups is 2.